The van der Waals surface area contributed by atoms with Gasteiger partial charge in [-0.1, -0.05) is 0 Å². The van der Waals surface area contributed by atoms with Crippen molar-refractivity contribution in [2.45, 2.75) is 0 Å². The summed E-state index contributed by atoms with van der Waals surface area (Å²) >= 11 is 0. The number of ether oxygens (including phenoxy) is 2. The summed E-state index contributed by atoms with van der Waals surface area (Å²) in [6.45, 7) is 0. The molecule has 0 atom stereocenters. The fourth-order valence-corrected chi connectivity index (χ4v) is 1.56. The van der Waals surface area contributed by atoms with Crippen LogP contribution in [0.5, 0.6) is 17.2 Å². The number of hydrogen-bond acceptors (Lipinski definition) is 6. The zero-order chi connectivity index (χ0) is 14.5. The van der Waals surface area contributed by atoms with Crippen molar-refractivity contribution < 1.29 is 14.4 Å². The van der Waals surface area contributed by atoms with E-state index in [9.17, 15) is 10.1 Å². The van der Waals surface area contributed by atoms with E-state index in [0.717, 1.165) is 0 Å². The number of nitro groups is 1. The highest BCUT2D eigenvalue weighted by molar-refractivity contribution is 5.52. The highest BCUT2D eigenvalue weighted by atomic mass is 16.6. The number of benzene rings is 1. The summed E-state index contributed by atoms with van der Waals surface area (Å²) in [6.07, 6.45) is 2.83. The molecule has 0 saturated heterocycles. The van der Waals surface area contributed by atoms with Gasteiger partial charge in [0.2, 0.25) is 0 Å². The molecule has 7 heteroatoms. The van der Waals surface area contributed by atoms with Gasteiger partial charge >= 0.3 is 5.69 Å². The van der Waals surface area contributed by atoms with Crippen molar-refractivity contribution in [2.24, 2.45) is 0 Å². The summed E-state index contributed by atoms with van der Waals surface area (Å²) in [6, 6.07) is 7.62. The van der Waals surface area contributed by atoms with Crippen molar-refractivity contribution in [3.8, 4) is 23.3 Å². The zero-order valence-corrected chi connectivity index (χ0v) is 10.4. The Morgan fingerprint density at radius 2 is 2.15 bits per heavy atom. The van der Waals surface area contributed by atoms with Gasteiger partial charge in [-0.25, -0.2) is 0 Å². The highest BCUT2D eigenvalue weighted by Gasteiger charge is 2.16. The molecular weight excluding hydrogens is 262 g/mol. The van der Waals surface area contributed by atoms with E-state index in [-0.39, 0.29) is 22.9 Å². The molecule has 2 rings (SSSR count). The first-order valence-corrected chi connectivity index (χ1v) is 5.50. The summed E-state index contributed by atoms with van der Waals surface area (Å²) in [7, 11) is 1.35. The van der Waals surface area contributed by atoms with Gasteiger partial charge in [-0.05, 0) is 18.2 Å². The van der Waals surface area contributed by atoms with Crippen LogP contribution < -0.4 is 9.47 Å². The molecule has 0 fully saturated rings. The summed E-state index contributed by atoms with van der Waals surface area (Å²) < 4.78 is 10.3. The van der Waals surface area contributed by atoms with Crippen molar-refractivity contribution >= 4 is 5.69 Å². The molecule has 0 N–H and O–H groups in total. The van der Waals surface area contributed by atoms with E-state index >= 15 is 0 Å². The minimum Gasteiger partial charge on any atom is -0.490 e. The molecule has 1 aromatic heterocycles. The molecule has 0 aliphatic heterocycles. The largest absolute Gasteiger partial charge is 0.490 e. The quantitative estimate of drug-likeness (QED) is 0.626. The molecule has 0 aliphatic carbocycles. The lowest BCUT2D eigenvalue weighted by Crippen LogP contribution is -1.95. The van der Waals surface area contributed by atoms with Gasteiger partial charge < -0.3 is 9.47 Å². The van der Waals surface area contributed by atoms with E-state index in [1.54, 1.807) is 0 Å². The van der Waals surface area contributed by atoms with Gasteiger partial charge in [-0.2, -0.15) is 5.26 Å². The summed E-state index contributed by atoms with van der Waals surface area (Å²) in [5.74, 6) is 0.588. The first-order valence-electron chi connectivity index (χ1n) is 5.50. The maximum atomic E-state index is 10.9. The van der Waals surface area contributed by atoms with Gasteiger partial charge in [0.15, 0.2) is 11.5 Å². The van der Waals surface area contributed by atoms with Crippen LogP contribution in [0.15, 0.2) is 36.7 Å². The second-order valence-corrected chi connectivity index (χ2v) is 3.68. The van der Waals surface area contributed by atoms with Crippen LogP contribution in [0.4, 0.5) is 5.69 Å². The molecule has 0 amide bonds. The third kappa shape index (κ3) is 2.64. The number of nitriles is 1. The Kier molecular flexibility index (Phi) is 3.77. The number of pyridine rings is 1. The molecule has 2 aromatic rings. The summed E-state index contributed by atoms with van der Waals surface area (Å²) in [4.78, 5) is 14.2. The van der Waals surface area contributed by atoms with E-state index in [1.165, 1.54) is 43.8 Å². The van der Waals surface area contributed by atoms with Crippen molar-refractivity contribution in [3.05, 3.63) is 52.3 Å². The number of hydrogen-bond donors (Lipinski definition) is 0. The van der Waals surface area contributed by atoms with E-state index < -0.39 is 4.92 Å². The van der Waals surface area contributed by atoms with Crippen molar-refractivity contribution in [1.82, 2.24) is 4.98 Å². The number of nitro benzene ring substituents is 1. The molecule has 100 valence electrons. The van der Waals surface area contributed by atoms with Crippen molar-refractivity contribution in [1.29, 1.82) is 5.26 Å². The van der Waals surface area contributed by atoms with Gasteiger partial charge in [0.1, 0.15) is 11.8 Å². The van der Waals surface area contributed by atoms with Crippen LogP contribution in [0.25, 0.3) is 0 Å². The predicted octanol–water partition coefficient (Wildman–Crippen LogP) is 2.66. The molecule has 1 aromatic carbocycles. The molecule has 20 heavy (non-hydrogen) atoms. The van der Waals surface area contributed by atoms with Crippen LogP contribution in [0.1, 0.15) is 5.56 Å². The third-order valence-electron chi connectivity index (χ3n) is 2.48. The molecule has 0 unspecified atom stereocenters. The number of rotatable bonds is 4. The third-order valence-corrected chi connectivity index (χ3v) is 2.48. The average Bonchev–Trinajstić information content (AvgIpc) is 2.47. The van der Waals surface area contributed by atoms with Crippen LogP contribution in [0, 0.1) is 21.4 Å². The van der Waals surface area contributed by atoms with Crippen LogP contribution in [0.3, 0.4) is 0 Å². The maximum Gasteiger partial charge on any atom is 0.314 e. The predicted molar refractivity (Wildman–Crippen MR) is 68.7 cm³/mol. The fourth-order valence-electron chi connectivity index (χ4n) is 1.56. The molecule has 0 spiro atoms. The van der Waals surface area contributed by atoms with Crippen LogP contribution in [-0.2, 0) is 0 Å². The van der Waals surface area contributed by atoms with E-state index in [0.29, 0.717) is 5.56 Å². The monoisotopic (exact) mass is 271 g/mol. The minimum atomic E-state index is -0.569. The average molecular weight is 271 g/mol. The molecule has 0 bridgehead atoms. The lowest BCUT2D eigenvalue weighted by atomic mass is 10.2. The SMILES string of the molecule is COc1ccc(Oc2cnccc2C#N)cc1[N+](=O)[O-]. The van der Waals surface area contributed by atoms with Crippen molar-refractivity contribution in [2.75, 3.05) is 7.11 Å². The smallest absolute Gasteiger partial charge is 0.314 e. The molecule has 1 heterocycles. The Bertz CT molecular complexity index is 694. The molecule has 0 radical (unpaired) electrons. The standard InChI is InChI=1S/C13H9N3O4/c1-19-12-3-2-10(6-11(12)16(17)18)20-13-8-15-5-4-9(13)7-14/h2-6,8H,1H3. The number of nitrogens with zero attached hydrogens (tertiary/aromatic N) is 3. The normalized spacial score (nSPS) is 9.60. The minimum absolute atomic E-state index is 0.133. The molecule has 7 nitrogen and oxygen atoms in total. The van der Waals surface area contributed by atoms with Crippen LogP contribution in [-0.4, -0.2) is 17.0 Å². The zero-order valence-electron chi connectivity index (χ0n) is 10.4. The Morgan fingerprint density at radius 3 is 2.80 bits per heavy atom. The second kappa shape index (κ2) is 5.67. The summed E-state index contributed by atoms with van der Waals surface area (Å²) in [5.41, 5.74) is 0.0749. The first-order chi connectivity index (χ1) is 9.65. The van der Waals surface area contributed by atoms with E-state index in [4.69, 9.17) is 14.7 Å². The van der Waals surface area contributed by atoms with E-state index in [1.807, 2.05) is 6.07 Å². The molecule has 0 saturated carbocycles. The summed E-state index contributed by atoms with van der Waals surface area (Å²) in [5, 5.41) is 19.8. The van der Waals surface area contributed by atoms with E-state index in [2.05, 4.69) is 4.98 Å². The van der Waals surface area contributed by atoms with Gasteiger partial charge in [0.25, 0.3) is 0 Å². The molecular formula is C13H9N3O4. The lowest BCUT2D eigenvalue weighted by molar-refractivity contribution is -0.385. The Hall–Kier alpha value is -3.14. The first kappa shape index (κ1) is 13.3. The van der Waals surface area contributed by atoms with Gasteiger partial charge in [-0.15, -0.1) is 0 Å². The van der Waals surface area contributed by atoms with Crippen LogP contribution >= 0.6 is 0 Å². The second-order valence-electron chi connectivity index (χ2n) is 3.68. The fraction of sp³-hybridized carbons (Fsp3) is 0.0769. The lowest BCUT2D eigenvalue weighted by Gasteiger charge is -2.08. The maximum absolute atomic E-state index is 10.9. The molecule has 0 aliphatic rings. The van der Waals surface area contributed by atoms with Gasteiger partial charge in [0.05, 0.1) is 29.9 Å². The highest BCUT2D eigenvalue weighted by Crippen LogP contribution is 2.33. The number of aromatic nitrogens is 1. The van der Waals surface area contributed by atoms with Crippen LogP contribution in [0.2, 0.25) is 0 Å². The Morgan fingerprint density at radius 1 is 1.35 bits per heavy atom. The Balaban J connectivity index is 2.37. The van der Waals surface area contributed by atoms with Gasteiger partial charge in [-0.3, -0.25) is 15.1 Å². The Labute approximate surface area is 114 Å². The van der Waals surface area contributed by atoms with Crippen molar-refractivity contribution in [3.63, 3.8) is 0 Å². The topological polar surface area (TPSA) is 98.3 Å². The number of methoxy groups -OCH3 is 1. The van der Waals surface area contributed by atoms with Gasteiger partial charge in [0, 0.05) is 6.20 Å².